The average molecular weight is 316 g/mol. The van der Waals surface area contributed by atoms with Gasteiger partial charge in [0.15, 0.2) is 4.80 Å². The third-order valence-electron chi connectivity index (χ3n) is 4.06. The Morgan fingerprint density at radius 3 is 2.95 bits per heavy atom. The highest BCUT2D eigenvalue weighted by atomic mass is 32.1. The van der Waals surface area contributed by atoms with Crippen molar-refractivity contribution in [2.45, 2.75) is 38.6 Å². The lowest BCUT2D eigenvalue weighted by Crippen LogP contribution is -2.17. The lowest BCUT2D eigenvalue weighted by atomic mass is 10.0. The van der Waals surface area contributed by atoms with Crippen LogP contribution in [0.15, 0.2) is 23.2 Å². The highest BCUT2D eigenvalue weighted by Crippen LogP contribution is 2.27. The Labute approximate surface area is 132 Å². The molecule has 0 bridgehead atoms. The van der Waals surface area contributed by atoms with E-state index in [-0.39, 0.29) is 18.3 Å². The number of rotatable bonds is 3. The first-order valence-corrected chi connectivity index (χ1v) is 8.29. The molecular formula is C17H17FN2OS. The van der Waals surface area contributed by atoms with Crippen LogP contribution < -0.4 is 4.80 Å². The first-order valence-electron chi connectivity index (χ1n) is 7.48. The van der Waals surface area contributed by atoms with Gasteiger partial charge >= 0.3 is 0 Å². The van der Waals surface area contributed by atoms with E-state index < -0.39 is 0 Å². The van der Waals surface area contributed by atoms with Gasteiger partial charge in [-0.3, -0.25) is 4.79 Å². The number of fused-ring (bicyclic) bond motifs is 1. The summed E-state index contributed by atoms with van der Waals surface area (Å²) in [5.41, 5.74) is 0.429. The van der Waals surface area contributed by atoms with Crippen LogP contribution in [0.1, 0.15) is 32.1 Å². The molecule has 1 aromatic heterocycles. The average Bonchev–Trinajstić information content (AvgIpc) is 3.09. The minimum absolute atomic E-state index is 0.135. The zero-order valence-corrected chi connectivity index (χ0v) is 13.0. The van der Waals surface area contributed by atoms with Gasteiger partial charge in [0.05, 0.1) is 16.8 Å². The molecule has 3 nitrogen and oxygen atoms in total. The van der Waals surface area contributed by atoms with Crippen molar-refractivity contribution in [2.75, 3.05) is 0 Å². The molecule has 1 saturated carbocycles. The molecule has 22 heavy (non-hydrogen) atoms. The number of amides is 1. The zero-order valence-electron chi connectivity index (χ0n) is 12.2. The number of carbonyl (C=O) groups excluding carboxylic acids is 1. The predicted octanol–water partition coefficient (Wildman–Crippen LogP) is 3.48. The van der Waals surface area contributed by atoms with Crippen LogP contribution in [-0.4, -0.2) is 10.5 Å². The lowest BCUT2D eigenvalue weighted by molar-refractivity contribution is -0.118. The summed E-state index contributed by atoms with van der Waals surface area (Å²) < 4.78 is 16.4. The number of hydrogen-bond acceptors (Lipinski definition) is 2. The highest BCUT2D eigenvalue weighted by molar-refractivity contribution is 7.16. The quantitative estimate of drug-likeness (QED) is 0.798. The van der Waals surface area contributed by atoms with Gasteiger partial charge in [0, 0.05) is 6.42 Å². The molecule has 3 rings (SSSR count). The Hall–Kier alpha value is -1.93. The minimum atomic E-state index is -0.339. The number of halogens is 1. The molecule has 1 amide bonds. The Kier molecular flexibility index (Phi) is 4.39. The van der Waals surface area contributed by atoms with E-state index in [4.69, 9.17) is 6.42 Å². The standard InChI is InChI=1S/C17H17FN2OS/c1-2-10-20-16-13(18)8-5-9-14(16)22-17(20)19-15(21)11-12-6-3-4-7-12/h1,5,8-9,12H,3-4,6-7,10-11H2. The highest BCUT2D eigenvalue weighted by Gasteiger charge is 2.18. The van der Waals surface area contributed by atoms with E-state index in [0.717, 1.165) is 17.5 Å². The van der Waals surface area contributed by atoms with Crippen LogP contribution in [0.3, 0.4) is 0 Å². The van der Waals surface area contributed by atoms with Gasteiger partial charge in [-0.15, -0.1) is 6.42 Å². The maximum atomic E-state index is 14.0. The van der Waals surface area contributed by atoms with Crippen molar-refractivity contribution in [1.82, 2.24) is 4.57 Å². The number of terminal acetylenes is 1. The molecule has 1 aliphatic rings. The van der Waals surface area contributed by atoms with E-state index in [9.17, 15) is 9.18 Å². The summed E-state index contributed by atoms with van der Waals surface area (Å²) in [6.45, 7) is 0.205. The van der Waals surface area contributed by atoms with Crippen LogP contribution in [0.2, 0.25) is 0 Å². The van der Waals surface area contributed by atoms with Crippen LogP contribution in [-0.2, 0) is 11.3 Å². The fraction of sp³-hybridized carbons (Fsp3) is 0.412. The second-order valence-corrected chi connectivity index (χ2v) is 6.63. The van der Waals surface area contributed by atoms with Gasteiger partial charge in [-0.2, -0.15) is 4.99 Å². The van der Waals surface area contributed by atoms with E-state index in [2.05, 4.69) is 10.9 Å². The Morgan fingerprint density at radius 1 is 1.45 bits per heavy atom. The van der Waals surface area contributed by atoms with Crippen molar-refractivity contribution in [3.05, 3.63) is 28.8 Å². The van der Waals surface area contributed by atoms with E-state index in [0.29, 0.717) is 22.7 Å². The molecule has 0 unspecified atom stereocenters. The monoisotopic (exact) mass is 316 g/mol. The first kappa shape index (κ1) is 15.0. The summed E-state index contributed by atoms with van der Waals surface area (Å²) in [5, 5.41) is 0. The predicted molar refractivity (Wildman–Crippen MR) is 85.8 cm³/mol. The van der Waals surface area contributed by atoms with E-state index in [1.54, 1.807) is 10.6 Å². The zero-order chi connectivity index (χ0) is 15.5. The van der Waals surface area contributed by atoms with Crippen molar-refractivity contribution in [3.8, 4) is 12.3 Å². The molecule has 1 aliphatic carbocycles. The first-order chi connectivity index (χ1) is 10.7. The minimum Gasteiger partial charge on any atom is -0.302 e. The molecule has 0 N–H and O–H groups in total. The van der Waals surface area contributed by atoms with Gasteiger partial charge in [0.25, 0.3) is 0 Å². The van der Waals surface area contributed by atoms with Gasteiger partial charge in [0.1, 0.15) is 5.82 Å². The molecule has 1 heterocycles. The second-order valence-electron chi connectivity index (χ2n) is 5.62. The number of thiazole rings is 1. The molecule has 1 aromatic carbocycles. The van der Waals surface area contributed by atoms with E-state index in [1.807, 2.05) is 6.07 Å². The molecule has 0 atom stereocenters. The van der Waals surface area contributed by atoms with Crippen LogP contribution >= 0.6 is 11.3 Å². The van der Waals surface area contributed by atoms with Gasteiger partial charge in [0.2, 0.25) is 5.91 Å². The molecule has 114 valence electrons. The van der Waals surface area contributed by atoms with Crippen molar-refractivity contribution in [2.24, 2.45) is 10.9 Å². The summed E-state index contributed by atoms with van der Waals surface area (Å²) in [6.07, 6.45) is 10.5. The van der Waals surface area contributed by atoms with Crippen LogP contribution in [0, 0.1) is 24.1 Å². The molecule has 1 fully saturated rings. The summed E-state index contributed by atoms with van der Waals surface area (Å²) in [4.78, 5) is 16.9. The van der Waals surface area contributed by atoms with Crippen LogP contribution in [0.25, 0.3) is 10.2 Å². The number of nitrogens with zero attached hydrogens (tertiary/aromatic N) is 2. The second kappa shape index (κ2) is 6.45. The molecule has 2 aromatic rings. The molecule has 0 saturated heterocycles. The van der Waals surface area contributed by atoms with E-state index in [1.165, 1.54) is 30.2 Å². The topological polar surface area (TPSA) is 34.4 Å². The molecule has 0 radical (unpaired) electrons. The number of aromatic nitrogens is 1. The van der Waals surface area contributed by atoms with Crippen LogP contribution in [0.5, 0.6) is 0 Å². The fourth-order valence-corrected chi connectivity index (χ4v) is 4.09. The van der Waals surface area contributed by atoms with Gasteiger partial charge < -0.3 is 4.57 Å². The van der Waals surface area contributed by atoms with Gasteiger partial charge in [-0.25, -0.2) is 4.39 Å². The van der Waals surface area contributed by atoms with Crippen molar-refractivity contribution in [3.63, 3.8) is 0 Å². The number of carbonyl (C=O) groups is 1. The Balaban J connectivity index is 2.00. The summed E-state index contributed by atoms with van der Waals surface area (Å²) in [6, 6.07) is 4.86. The normalized spacial score (nSPS) is 16.3. The maximum absolute atomic E-state index is 14.0. The summed E-state index contributed by atoms with van der Waals surface area (Å²) in [7, 11) is 0. The molecular weight excluding hydrogens is 299 g/mol. The molecule has 0 spiro atoms. The van der Waals surface area contributed by atoms with Crippen molar-refractivity contribution >= 4 is 27.5 Å². The van der Waals surface area contributed by atoms with Gasteiger partial charge in [-0.1, -0.05) is 36.2 Å². The van der Waals surface area contributed by atoms with Crippen LogP contribution in [0.4, 0.5) is 4.39 Å². The lowest BCUT2D eigenvalue weighted by Gasteiger charge is -2.04. The van der Waals surface area contributed by atoms with Crippen molar-refractivity contribution < 1.29 is 9.18 Å². The fourth-order valence-electron chi connectivity index (χ4n) is 3.02. The van der Waals surface area contributed by atoms with E-state index >= 15 is 0 Å². The SMILES string of the molecule is C#CCn1c(=NC(=O)CC2CCCC2)sc2cccc(F)c21. The number of benzene rings is 1. The van der Waals surface area contributed by atoms with Gasteiger partial charge in [-0.05, 0) is 30.9 Å². The third kappa shape index (κ3) is 2.97. The Bertz CT molecular complexity index is 806. The molecule has 0 aliphatic heterocycles. The summed E-state index contributed by atoms with van der Waals surface area (Å²) >= 11 is 1.30. The summed E-state index contributed by atoms with van der Waals surface area (Å²) in [5.74, 6) is 2.48. The number of hydrogen-bond donors (Lipinski definition) is 0. The molecule has 5 heteroatoms. The largest absolute Gasteiger partial charge is 0.302 e. The third-order valence-corrected chi connectivity index (χ3v) is 5.10. The Morgan fingerprint density at radius 2 is 2.23 bits per heavy atom. The number of para-hydroxylation sites is 1. The van der Waals surface area contributed by atoms with Crippen molar-refractivity contribution in [1.29, 1.82) is 0 Å². The smallest absolute Gasteiger partial charge is 0.248 e. The maximum Gasteiger partial charge on any atom is 0.248 e.